The Morgan fingerprint density at radius 2 is 1.85 bits per heavy atom. The number of benzene rings is 1. The molecule has 0 atom stereocenters. The second-order valence-corrected chi connectivity index (χ2v) is 4.91. The fourth-order valence-electron chi connectivity index (χ4n) is 1.86. The van der Waals surface area contributed by atoms with E-state index in [9.17, 15) is 4.79 Å². The molecule has 1 aromatic heterocycles. The quantitative estimate of drug-likeness (QED) is 0.628. The number of carbonyl (C=O) groups is 1. The first kappa shape index (κ1) is 14.0. The molecular weight excluding hydrogens is 248 g/mol. The van der Waals surface area contributed by atoms with E-state index in [0.717, 1.165) is 11.1 Å². The first-order valence-electron chi connectivity index (χ1n) is 6.49. The molecule has 102 valence electrons. The molecule has 0 aliphatic carbocycles. The fraction of sp³-hybridized carbons (Fsp3) is 0.176. The summed E-state index contributed by atoms with van der Waals surface area (Å²) < 4.78 is 0. The molecule has 0 unspecified atom stereocenters. The van der Waals surface area contributed by atoms with Crippen LogP contribution in [0.2, 0.25) is 0 Å². The van der Waals surface area contributed by atoms with Crippen molar-refractivity contribution in [3.05, 3.63) is 66.1 Å². The molecule has 2 rings (SSSR count). The maximum atomic E-state index is 12.2. The lowest BCUT2D eigenvalue weighted by Crippen LogP contribution is -2.05. The third-order valence-corrected chi connectivity index (χ3v) is 2.93. The number of carbonyl (C=O) groups excluding carboxylic acids is 1. The van der Waals surface area contributed by atoms with E-state index in [1.54, 1.807) is 18.5 Å². The highest BCUT2D eigenvalue weighted by molar-refractivity contribution is 6.07. The Hall–Kier alpha value is -2.42. The van der Waals surface area contributed by atoms with E-state index < -0.39 is 0 Å². The standard InChI is InChI=1S/C17H18N2O/c1-13-6-8-14(9-7-13)15-5-4-11-18-17(15)16(20)10-12-19(2)3/h4-12H,1-3H3/b12-10+. The molecule has 0 aliphatic rings. The van der Waals surface area contributed by atoms with Crippen molar-refractivity contribution in [3.63, 3.8) is 0 Å². The zero-order valence-corrected chi connectivity index (χ0v) is 12.0. The van der Waals surface area contributed by atoms with Gasteiger partial charge in [0.05, 0.1) is 0 Å². The Bertz CT molecular complexity index is 628. The molecule has 3 heteroatoms. The van der Waals surface area contributed by atoms with Crippen molar-refractivity contribution < 1.29 is 4.79 Å². The lowest BCUT2D eigenvalue weighted by Gasteiger charge is -2.07. The number of pyridine rings is 1. The van der Waals surface area contributed by atoms with E-state index in [1.807, 2.05) is 62.3 Å². The van der Waals surface area contributed by atoms with Crippen molar-refractivity contribution in [2.45, 2.75) is 6.92 Å². The van der Waals surface area contributed by atoms with Gasteiger partial charge < -0.3 is 4.90 Å². The summed E-state index contributed by atoms with van der Waals surface area (Å²) in [7, 11) is 3.76. The predicted octanol–water partition coefficient (Wildman–Crippen LogP) is 3.32. The summed E-state index contributed by atoms with van der Waals surface area (Å²) in [5.74, 6) is -0.0881. The second kappa shape index (κ2) is 6.15. The molecule has 0 amide bonds. The molecule has 0 aliphatic heterocycles. The predicted molar refractivity (Wildman–Crippen MR) is 81.6 cm³/mol. The van der Waals surface area contributed by atoms with Crippen LogP contribution in [-0.4, -0.2) is 29.8 Å². The largest absolute Gasteiger partial charge is 0.383 e. The van der Waals surface area contributed by atoms with Gasteiger partial charge in [0.2, 0.25) is 5.78 Å². The number of aromatic nitrogens is 1. The maximum absolute atomic E-state index is 12.2. The number of hydrogen-bond acceptors (Lipinski definition) is 3. The molecule has 0 N–H and O–H groups in total. The number of aryl methyl sites for hydroxylation is 1. The molecule has 0 fully saturated rings. The summed E-state index contributed by atoms with van der Waals surface area (Å²) >= 11 is 0. The Morgan fingerprint density at radius 1 is 1.15 bits per heavy atom. The number of allylic oxidation sites excluding steroid dienone is 1. The van der Waals surface area contributed by atoms with Gasteiger partial charge in [0.25, 0.3) is 0 Å². The Balaban J connectivity index is 2.40. The van der Waals surface area contributed by atoms with Crippen LogP contribution in [0.15, 0.2) is 54.9 Å². The van der Waals surface area contributed by atoms with Crippen LogP contribution in [-0.2, 0) is 0 Å². The van der Waals surface area contributed by atoms with E-state index in [1.165, 1.54) is 5.56 Å². The molecule has 3 nitrogen and oxygen atoms in total. The van der Waals surface area contributed by atoms with E-state index in [4.69, 9.17) is 0 Å². The minimum absolute atomic E-state index is 0.0881. The van der Waals surface area contributed by atoms with E-state index >= 15 is 0 Å². The molecule has 2 aromatic rings. The number of hydrogen-bond donors (Lipinski definition) is 0. The lowest BCUT2D eigenvalue weighted by atomic mass is 10.0. The monoisotopic (exact) mass is 266 g/mol. The fourth-order valence-corrected chi connectivity index (χ4v) is 1.86. The van der Waals surface area contributed by atoms with E-state index in [0.29, 0.717) is 5.69 Å². The Labute approximate surface area is 119 Å². The van der Waals surface area contributed by atoms with Gasteiger partial charge in [0, 0.05) is 38.1 Å². The van der Waals surface area contributed by atoms with Gasteiger partial charge in [-0.1, -0.05) is 35.9 Å². The second-order valence-electron chi connectivity index (χ2n) is 4.91. The summed E-state index contributed by atoms with van der Waals surface area (Å²) in [6, 6.07) is 11.9. The van der Waals surface area contributed by atoms with Crippen molar-refractivity contribution in [2.75, 3.05) is 14.1 Å². The third kappa shape index (κ3) is 3.32. The molecule has 0 bridgehead atoms. The number of nitrogens with zero attached hydrogens (tertiary/aromatic N) is 2. The summed E-state index contributed by atoms with van der Waals surface area (Å²) in [6.45, 7) is 2.04. The van der Waals surface area contributed by atoms with Crippen molar-refractivity contribution in [2.24, 2.45) is 0 Å². The first-order valence-corrected chi connectivity index (χ1v) is 6.49. The molecular formula is C17H18N2O. The molecule has 1 heterocycles. The third-order valence-electron chi connectivity index (χ3n) is 2.93. The Morgan fingerprint density at radius 3 is 2.50 bits per heavy atom. The normalized spacial score (nSPS) is 10.8. The zero-order chi connectivity index (χ0) is 14.5. The van der Waals surface area contributed by atoms with Crippen LogP contribution >= 0.6 is 0 Å². The van der Waals surface area contributed by atoms with Gasteiger partial charge in [-0.2, -0.15) is 0 Å². The summed E-state index contributed by atoms with van der Waals surface area (Å²) in [5, 5.41) is 0. The molecule has 0 radical (unpaired) electrons. The molecule has 0 spiro atoms. The summed E-state index contributed by atoms with van der Waals surface area (Å²) in [6.07, 6.45) is 4.92. The van der Waals surface area contributed by atoms with Gasteiger partial charge in [-0.3, -0.25) is 9.78 Å². The first-order chi connectivity index (χ1) is 9.58. The van der Waals surface area contributed by atoms with Crippen molar-refractivity contribution in [3.8, 4) is 11.1 Å². The van der Waals surface area contributed by atoms with Gasteiger partial charge >= 0.3 is 0 Å². The number of rotatable bonds is 4. The lowest BCUT2D eigenvalue weighted by molar-refractivity contribution is 0.104. The molecule has 0 saturated heterocycles. The molecule has 0 saturated carbocycles. The molecule has 1 aromatic carbocycles. The minimum atomic E-state index is -0.0881. The van der Waals surface area contributed by atoms with Crippen molar-refractivity contribution in [1.82, 2.24) is 9.88 Å². The average Bonchev–Trinajstić information content (AvgIpc) is 2.45. The van der Waals surface area contributed by atoms with Crippen molar-refractivity contribution in [1.29, 1.82) is 0 Å². The van der Waals surface area contributed by atoms with Gasteiger partial charge in [-0.15, -0.1) is 0 Å². The van der Waals surface area contributed by atoms with Crippen molar-refractivity contribution >= 4 is 5.78 Å². The van der Waals surface area contributed by atoms with E-state index in [2.05, 4.69) is 4.98 Å². The topological polar surface area (TPSA) is 33.2 Å². The maximum Gasteiger partial charge on any atom is 0.206 e. The SMILES string of the molecule is Cc1ccc(-c2cccnc2C(=O)/C=C/N(C)C)cc1. The number of ketones is 1. The van der Waals surface area contributed by atoms with Gasteiger partial charge in [-0.05, 0) is 18.6 Å². The minimum Gasteiger partial charge on any atom is -0.383 e. The van der Waals surface area contributed by atoms with Crippen LogP contribution in [0.25, 0.3) is 11.1 Å². The highest BCUT2D eigenvalue weighted by Crippen LogP contribution is 2.23. The Kier molecular flexibility index (Phi) is 4.31. The van der Waals surface area contributed by atoms with Crippen LogP contribution in [0.3, 0.4) is 0 Å². The van der Waals surface area contributed by atoms with Gasteiger partial charge in [0.15, 0.2) is 0 Å². The van der Waals surface area contributed by atoms with Crippen LogP contribution in [0, 0.1) is 6.92 Å². The molecule has 20 heavy (non-hydrogen) atoms. The van der Waals surface area contributed by atoms with Crippen LogP contribution in [0.1, 0.15) is 16.1 Å². The van der Waals surface area contributed by atoms with Crippen LogP contribution in [0.5, 0.6) is 0 Å². The smallest absolute Gasteiger partial charge is 0.206 e. The van der Waals surface area contributed by atoms with E-state index in [-0.39, 0.29) is 5.78 Å². The zero-order valence-electron chi connectivity index (χ0n) is 12.0. The summed E-state index contributed by atoms with van der Waals surface area (Å²) in [4.78, 5) is 18.3. The van der Waals surface area contributed by atoms with Crippen LogP contribution < -0.4 is 0 Å². The highest BCUT2D eigenvalue weighted by atomic mass is 16.1. The highest BCUT2D eigenvalue weighted by Gasteiger charge is 2.11. The average molecular weight is 266 g/mol. The van der Waals surface area contributed by atoms with Gasteiger partial charge in [0.1, 0.15) is 5.69 Å². The van der Waals surface area contributed by atoms with Gasteiger partial charge in [-0.25, -0.2) is 0 Å². The summed E-state index contributed by atoms with van der Waals surface area (Å²) in [5.41, 5.74) is 3.54. The van der Waals surface area contributed by atoms with Crippen LogP contribution in [0.4, 0.5) is 0 Å².